The van der Waals surface area contributed by atoms with Gasteiger partial charge < -0.3 is 24.5 Å². The molecular formula is C26H36N2O5. The maximum absolute atomic E-state index is 13.4. The fourth-order valence-corrected chi connectivity index (χ4v) is 5.06. The number of nitrogens with zero attached hydrogens (tertiary/aromatic N) is 1. The van der Waals surface area contributed by atoms with Gasteiger partial charge in [-0.3, -0.25) is 4.79 Å². The maximum Gasteiger partial charge on any atom is 0.317 e. The third kappa shape index (κ3) is 6.08. The zero-order chi connectivity index (χ0) is 23.0. The van der Waals surface area contributed by atoms with Crippen molar-refractivity contribution in [1.82, 2.24) is 10.2 Å². The predicted molar refractivity (Wildman–Crippen MR) is 127 cm³/mol. The first-order chi connectivity index (χ1) is 16.2. The highest BCUT2D eigenvalue weighted by Crippen LogP contribution is 2.28. The number of nitrogens with one attached hydrogen (secondary N) is 1. The van der Waals surface area contributed by atoms with Crippen LogP contribution < -0.4 is 15.5 Å². The lowest BCUT2D eigenvalue weighted by Gasteiger charge is -2.28. The maximum atomic E-state index is 13.4. The SMILES string of the molecule is O=C(NC1CCCCC1)N(CCO)Cc1coc2cccc(OCC3CCCCC3)c2c1=O. The average Bonchev–Trinajstić information content (AvgIpc) is 2.85. The molecule has 0 saturated heterocycles. The summed E-state index contributed by atoms with van der Waals surface area (Å²) < 4.78 is 11.9. The van der Waals surface area contributed by atoms with Gasteiger partial charge in [-0.15, -0.1) is 0 Å². The molecule has 2 saturated carbocycles. The zero-order valence-electron chi connectivity index (χ0n) is 19.4. The lowest BCUT2D eigenvalue weighted by atomic mass is 9.90. The zero-order valence-corrected chi connectivity index (χ0v) is 19.4. The van der Waals surface area contributed by atoms with Gasteiger partial charge in [-0.1, -0.05) is 44.6 Å². The van der Waals surface area contributed by atoms with Crippen molar-refractivity contribution in [2.75, 3.05) is 19.8 Å². The Balaban J connectivity index is 1.51. The first-order valence-electron chi connectivity index (χ1n) is 12.5. The lowest BCUT2D eigenvalue weighted by Crippen LogP contribution is -2.46. The van der Waals surface area contributed by atoms with Gasteiger partial charge in [0.05, 0.1) is 31.6 Å². The highest BCUT2D eigenvalue weighted by Gasteiger charge is 2.22. The average molecular weight is 457 g/mol. The first kappa shape index (κ1) is 23.6. The number of carbonyl (C=O) groups excluding carboxylic acids is 1. The minimum Gasteiger partial charge on any atom is -0.492 e. The summed E-state index contributed by atoms with van der Waals surface area (Å²) in [6.07, 6.45) is 12.9. The standard InChI is InChI=1S/C26H36N2O5/c29-15-14-28(26(31)27-21-10-5-2-6-11-21)16-20-18-33-23-13-7-12-22(24(23)25(20)30)32-17-19-8-3-1-4-9-19/h7,12-13,18-19,21,29H,1-6,8-11,14-17H2,(H,27,31). The van der Waals surface area contributed by atoms with E-state index >= 15 is 0 Å². The van der Waals surface area contributed by atoms with E-state index < -0.39 is 0 Å². The van der Waals surface area contributed by atoms with Crippen LogP contribution in [0.5, 0.6) is 5.75 Å². The van der Waals surface area contributed by atoms with E-state index in [-0.39, 0.29) is 37.2 Å². The Labute approximate surface area is 195 Å². The number of urea groups is 1. The number of fused-ring (bicyclic) bond motifs is 1. The van der Waals surface area contributed by atoms with Crippen LogP contribution in [0.3, 0.4) is 0 Å². The van der Waals surface area contributed by atoms with Gasteiger partial charge in [0, 0.05) is 12.6 Å². The molecule has 2 N–H and O–H groups in total. The van der Waals surface area contributed by atoms with Crippen LogP contribution in [0.4, 0.5) is 4.79 Å². The molecule has 33 heavy (non-hydrogen) atoms. The second kappa shape index (κ2) is 11.5. The molecular weight excluding hydrogens is 420 g/mol. The van der Waals surface area contributed by atoms with Gasteiger partial charge >= 0.3 is 6.03 Å². The molecule has 1 heterocycles. The topological polar surface area (TPSA) is 92.0 Å². The van der Waals surface area contributed by atoms with Gasteiger partial charge in [-0.2, -0.15) is 0 Å². The quantitative estimate of drug-likeness (QED) is 0.606. The molecule has 0 unspecified atom stereocenters. The molecule has 0 atom stereocenters. The fraction of sp³-hybridized carbons (Fsp3) is 0.615. The summed E-state index contributed by atoms with van der Waals surface area (Å²) in [4.78, 5) is 27.7. The molecule has 2 aliphatic rings. The van der Waals surface area contributed by atoms with Crippen molar-refractivity contribution in [2.45, 2.75) is 76.8 Å². The molecule has 1 aromatic carbocycles. The second-order valence-electron chi connectivity index (χ2n) is 9.46. The molecule has 2 aliphatic carbocycles. The molecule has 7 heteroatoms. The molecule has 180 valence electrons. The van der Waals surface area contributed by atoms with Crippen LogP contribution >= 0.6 is 0 Å². The van der Waals surface area contributed by atoms with Gasteiger partial charge in [0.1, 0.15) is 16.7 Å². The highest BCUT2D eigenvalue weighted by molar-refractivity contribution is 5.84. The van der Waals surface area contributed by atoms with Gasteiger partial charge in [-0.05, 0) is 43.7 Å². The van der Waals surface area contributed by atoms with Gasteiger partial charge in [-0.25, -0.2) is 4.79 Å². The molecule has 0 bridgehead atoms. The van der Waals surface area contributed by atoms with Crippen molar-refractivity contribution in [3.63, 3.8) is 0 Å². The normalized spacial score (nSPS) is 17.7. The summed E-state index contributed by atoms with van der Waals surface area (Å²) in [5.74, 6) is 1.06. The van der Waals surface area contributed by atoms with Crippen LogP contribution in [0.2, 0.25) is 0 Å². The third-order valence-corrected chi connectivity index (χ3v) is 6.99. The fourth-order valence-electron chi connectivity index (χ4n) is 5.06. The number of aliphatic hydroxyl groups excluding tert-OH is 1. The van der Waals surface area contributed by atoms with Crippen LogP contribution in [0.15, 0.2) is 33.7 Å². The Kier molecular flexibility index (Phi) is 8.26. The largest absolute Gasteiger partial charge is 0.492 e. The molecule has 1 aromatic heterocycles. The molecule has 4 rings (SSSR count). The summed E-state index contributed by atoms with van der Waals surface area (Å²) in [6.45, 7) is 0.653. The number of amides is 2. The molecule has 0 radical (unpaired) electrons. The van der Waals surface area contributed by atoms with Crippen LogP contribution in [-0.4, -0.2) is 41.8 Å². The van der Waals surface area contributed by atoms with Crippen molar-refractivity contribution in [1.29, 1.82) is 0 Å². The predicted octanol–water partition coefficient (Wildman–Crippen LogP) is 4.59. The Morgan fingerprint density at radius 3 is 2.55 bits per heavy atom. The smallest absolute Gasteiger partial charge is 0.317 e. The van der Waals surface area contributed by atoms with Crippen LogP contribution in [0.1, 0.15) is 69.8 Å². The molecule has 0 spiro atoms. The second-order valence-corrected chi connectivity index (χ2v) is 9.46. The highest BCUT2D eigenvalue weighted by atomic mass is 16.5. The van der Waals surface area contributed by atoms with E-state index in [9.17, 15) is 14.7 Å². The summed E-state index contributed by atoms with van der Waals surface area (Å²) in [7, 11) is 0. The van der Waals surface area contributed by atoms with E-state index in [4.69, 9.17) is 9.15 Å². The Hall–Kier alpha value is -2.54. The summed E-state index contributed by atoms with van der Waals surface area (Å²) >= 11 is 0. The van der Waals surface area contributed by atoms with E-state index in [0.29, 0.717) is 34.8 Å². The first-order valence-corrected chi connectivity index (χ1v) is 12.5. The van der Waals surface area contributed by atoms with Crippen molar-refractivity contribution in [3.8, 4) is 5.75 Å². The van der Waals surface area contributed by atoms with Crippen molar-refractivity contribution < 1.29 is 19.1 Å². The molecule has 2 aromatic rings. The van der Waals surface area contributed by atoms with E-state index in [0.717, 1.165) is 38.5 Å². The molecule has 2 fully saturated rings. The number of hydrogen-bond acceptors (Lipinski definition) is 5. The van der Waals surface area contributed by atoms with E-state index in [1.165, 1.54) is 36.8 Å². The number of aliphatic hydroxyl groups is 1. The number of rotatable bonds is 8. The molecule has 7 nitrogen and oxygen atoms in total. The van der Waals surface area contributed by atoms with E-state index in [1.807, 2.05) is 12.1 Å². The minimum atomic E-state index is -0.253. The summed E-state index contributed by atoms with van der Waals surface area (Å²) in [5, 5.41) is 13.0. The van der Waals surface area contributed by atoms with Crippen LogP contribution in [-0.2, 0) is 6.54 Å². The third-order valence-electron chi connectivity index (χ3n) is 6.99. The Morgan fingerprint density at radius 2 is 1.82 bits per heavy atom. The minimum absolute atomic E-state index is 0.0777. The van der Waals surface area contributed by atoms with Gasteiger partial charge in [0.15, 0.2) is 0 Å². The summed E-state index contributed by atoms with van der Waals surface area (Å²) in [5.41, 5.74) is 0.664. The number of carbonyl (C=O) groups is 1. The van der Waals surface area contributed by atoms with Gasteiger partial charge in [0.2, 0.25) is 5.43 Å². The molecule has 0 aliphatic heterocycles. The van der Waals surface area contributed by atoms with E-state index in [2.05, 4.69) is 5.32 Å². The lowest BCUT2D eigenvalue weighted by molar-refractivity contribution is 0.167. The number of benzene rings is 1. The number of ether oxygens (including phenoxy) is 1. The van der Waals surface area contributed by atoms with Crippen molar-refractivity contribution >= 4 is 17.0 Å². The number of hydrogen-bond donors (Lipinski definition) is 2. The van der Waals surface area contributed by atoms with Crippen LogP contribution in [0.25, 0.3) is 11.0 Å². The monoisotopic (exact) mass is 456 g/mol. The van der Waals surface area contributed by atoms with Crippen LogP contribution in [0, 0.1) is 5.92 Å². The Bertz CT molecular complexity index is 976. The molecule has 2 amide bonds. The van der Waals surface area contributed by atoms with Crippen molar-refractivity contribution in [2.24, 2.45) is 5.92 Å². The van der Waals surface area contributed by atoms with E-state index in [1.54, 1.807) is 6.07 Å². The van der Waals surface area contributed by atoms with Crippen molar-refractivity contribution in [3.05, 3.63) is 40.2 Å². The Morgan fingerprint density at radius 1 is 1.09 bits per heavy atom. The van der Waals surface area contributed by atoms with Gasteiger partial charge in [0.25, 0.3) is 0 Å². The summed E-state index contributed by atoms with van der Waals surface area (Å²) in [6, 6.07) is 5.30.